The van der Waals surface area contributed by atoms with Gasteiger partial charge in [-0.3, -0.25) is 9.59 Å². The van der Waals surface area contributed by atoms with Crippen molar-refractivity contribution in [2.24, 2.45) is 0 Å². The molecular formula is C21H21FN2O5. The van der Waals surface area contributed by atoms with Gasteiger partial charge in [0.15, 0.2) is 11.5 Å². The molecule has 29 heavy (non-hydrogen) atoms. The monoisotopic (exact) mass is 400 g/mol. The maximum absolute atomic E-state index is 13.3. The molecule has 152 valence electrons. The maximum atomic E-state index is 13.3. The molecule has 0 saturated carbocycles. The normalized spacial score (nSPS) is 17.9. The minimum absolute atomic E-state index is 0.0518. The second kappa shape index (κ2) is 7.98. The van der Waals surface area contributed by atoms with Gasteiger partial charge < -0.3 is 24.4 Å². The third-order valence-corrected chi connectivity index (χ3v) is 4.96. The number of benzene rings is 2. The predicted octanol–water partition coefficient (Wildman–Crippen LogP) is 2.74. The minimum Gasteiger partial charge on any atom is -0.489 e. The summed E-state index contributed by atoms with van der Waals surface area (Å²) >= 11 is 0. The Balaban J connectivity index is 1.55. The van der Waals surface area contributed by atoms with Crippen molar-refractivity contribution >= 4 is 17.5 Å². The summed E-state index contributed by atoms with van der Waals surface area (Å²) in [5.74, 6) is 0.639. The third-order valence-electron chi connectivity index (χ3n) is 4.96. The third kappa shape index (κ3) is 4.11. The number of carbonyl (C=O) groups excluding carboxylic acids is 2. The van der Waals surface area contributed by atoms with E-state index in [-0.39, 0.29) is 24.2 Å². The lowest BCUT2D eigenvalue weighted by molar-refractivity contribution is -0.131. The number of likely N-dealkylation sites (tertiary alicyclic amines) is 1. The average molecular weight is 400 g/mol. The molecule has 1 N–H and O–H groups in total. The Morgan fingerprint density at radius 2 is 2.10 bits per heavy atom. The van der Waals surface area contributed by atoms with Crippen LogP contribution in [0.3, 0.4) is 0 Å². The number of hydrogen-bond acceptors (Lipinski definition) is 5. The molecule has 2 aromatic carbocycles. The van der Waals surface area contributed by atoms with Crippen LogP contribution < -0.4 is 19.5 Å². The molecule has 1 saturated heterocycles. The van der Waals surface area contributed by atoms with Gasteiger partial charge >= 0.3 is 0 Å². The zero-order valence-electron chi connectivity index (χ0n) is 15.9. The predicted molar refractivity (Wildman–Crippen MR) is 103 cm³/mol. The van der Waals surface area contributed by atoms with Gasteiger partial charge in [-0.1, -0.05) is 6.07 Å². The van der Waals surface area contributed by atoms with Crippen LogP contribution in [-0.4, -0.2) is 43.0 Å². The number of fused-ring (bicyclic) bond motifs is 1. The first-order valence-electron chi connectivity index (χ1n) is 9.38. The minimum atomic E-state index is -0.519. The number of anilines is 1. The molecule has 4 rings (SSSR count). The van der Waals surface area contributed by atoms with Crippen molar-refractivity contribution < 1.29 is 28.2 Å². The van der Waals surface area contributed by atoms with Crippen molar-refractivity contribution in [3.63, 3.8) is 0 Å². The Morgan fingerprint density at radius 1 is 1.28 bits per heavy atom. The highest BCUT2D eigenvalue weighted by molar-refractivity contribution is 6.00. The SMILES string of the molecule is CN1C(=O)CCC1C(=O)Nc1cc(COc2cccc(F)c2)cc2c1OCCO2. The zero-order valence-corrected chi connectivity index (χ0v) is 15.9. The summed E-state index contributed by atoms with van der Waals surface area (Å²) in [5, 5.41) is 2.86. The van der Waals surface area contributed by atoms with E-state index in [9.17, 15) is 14.0 Å². The summed E-state index contributed by atoms with van der Waals surface area (Å²) in [6.45, 7) is 0.927. The molecule has 0 aromatic heterocycles. The summed E-state index contributed by atoms with van der Waals surface area (Å²) in [5.41, 5.74) is 1.18. The Kier molecular flexibility index (Phi) is 5.24. The molecule has 8 heteroatoms. The second-order valence-electron chi connectivity index (χ2n) is 6.96. The van der Waals surface area contributed by atoms with Gasteiger partial charge in [0.25, 0.3) is 0 Å². The molecule has 2 amide bonds. The van der Waals surface area contributed by atoms with Gasteiger partial charge in [-0.05, 0) is 36.2 Å². The van der Waals surface area contributed by atoms with Crippen molar-refractivity contribution in [3.8, 4) is 17.2 Å². The highest BCUT2D eigenvalue weighted by Gasteiger charge is 2.34. The Hall–Kier alpha value is -3.29. The molecule has 7 nitrogen and oxygen atoms in total. The number of ether oxygens (including phenoxy) is 3. The van der Waals surface area contributed by atoms with E-state index in [1.165, 1.54) is 17.0 Å². The molecule has 1 unspecified atom stereocenters. The van der Waals surface area contributed by atoms with Gasteiger partial charge in [0, 0.05) is 19.5 Å². The first-order chi connectivity index (χ1) is 14.0. The Bertz CT molecular complexity index is 949. The lowest BCUT2D eigenvalue weighted by Crippen LogP contribution is -2.39. The molecule has 1 atom stereocenters. The van der Waals surface area contributed by atoms with Gasteiger partial charge in [-0.25, -0.2) is 4.39 Å². The fourth-order valence-corrected chi connectivity index (χ4v) is 3.44. The molecule has 0 bridgehead atoms. The molecule has 2 aliphatic rings. The first-order valence-corrected chi connectivity index (χ1v) is 9.38. The summed E-state index contributed by atoms with van der Waals surface area (Å²) in [4.78, 5) is 25.9. The smallest absolute Gasteiger partial charge is 0.247 e. The van der Waals surface area contributed by atoms with Crippen LogP contribution in [0.4, 0.5) is 10.1 Å². The van der Waals surface area contributed by atoms with E-state index in [0.717, 1.165) is 5.56 Å². The number of carbonyl (C=O) groups is 2. The number of nitrogens with zero attached hydrogens (tertiary/aromatic N) is 1. The highest BCUT2D eigenvalue weighted by atomic mass is 19.1. The standard InChI is InChI=1S/C21H21FN2O5/c1-24-17(5-6-19(24)25)21(26)23-16-9-13(10-18-20(16)28-8-7-27-18)12-29-15-4-2-3-14(22)11-15/h2-4,9-11,17H,5-8,12H2,1H3,(H,23,26). The lowest BCUT2D eigenvalue weighted by atomic mass is 10.1. The van der Waals surface area contributed by atoms with Crippen LogP contribution in [0.1, 0.15) is 18.4 Å². The number of hydrogen-bond donors (Lipinski definition) is 1. The summed E-state index contributed by atoms with van der Waals surface area (Å²) in [6, 6.07) is 8.87. The van der Waals surface area contributed by atoms with E-state index in [2.05, 4.69) is 5.32 Å². The van der Waals surface area contributed by atoms with Crippen LogP contribution in [0.25, 0.3) is 0 Å². The van der Waals surface area contributed by atoms with Gasteiger partial charge in [-0.2, -0.15) is 0 Å². The molecule has 2 heterocycles. The zero-order chi connectivity index (χ0) is 20.4. The van der Waals surface area contributed by atoms with Crippen LogP contribution >= 0.6 is 0 Å². The van der Waals surface area contributed by atoms with E-state index in [1.807, 2.05) is 0 Å². The fraction of sp³-hybridized carbons (Fsp3) is 0.333. The summed E-state index contributed by atoms with van der Waals surface area (Å²) in [7, 11) is 1.62. The van der Waals surface area contributed by atoms with E-state index < -0.39 is 6.04 Å². The quantitative estimate of drug-likeness (QED) is 0.835. The fourth-order valence-electron chi connectivity index (χ4n) is 3.44. The van der Waals surface area contributed by atoms with Crippen LogP contribution in [0.15, 0.2) is 36.4 Å². The highest BCUT2D eigenvalue weighted by Crippen LogP contribution is 2.39. The maximum Gasteiger partial charge on any atom is 0.247 e. The van der Waals surface area contributed by atoms with Crippen molar-refractivity contribution in [3.05, 3.63) is 47.8 Å². The van der Waals surface area contributed by atoms with Gasteiger partial charge in [0.1, 0.15) is 37.4 Å². The number of likely N-dealkylation sites (N-methyl/N-ethyl adjacent to an activating group) is 1. The van der Waals surface area contributed by atoms with Gasteiger partial charge in [0.2, 0.25) is 11.8 Å². The van der Waals surface area contributed by atoms with Crippen LogP contribution in [-0.2, 0) is 16.2 Å². The van der Waals surface area contributed by atoms with Crippen LogP contribution in [0, 0.1) is 5.82 Å². The molecular weight excluding hydrogens is 379 g/mol. The molecule has 2 aliphatic heterocycles. The van der Waals surface area contributed by atoms with Crippen molar-refractivity contribution in [1.82, 2.24) is 4.90 Å². The van der Waals surface area contributed by atoms with Crippen LogP contribution in [0.5, 0.6) is 17.2 Å². The van der Waals surface area contributed by atoms with Crippen molar-refractivity contribution in [2.45, 2.75) is 25.5 Å². The topological polar surface area (TPSA) is 77.1 Å². The molecule has 0 radical (unpaired) electrons. The van der Waals surface area contributed by atoms with Gasteiger partial charge in [0.05, 0.1) is 5.69 Å². The Morgan fingerprint density at radius 3 is 2.86 bits per heavy atom. The second-order valence-corrected chi connectivity index (χ2v) is 6.96. The van der Waals surface area contributed by atoms with E-state index >= 15 is 0 Å². The number of halogens is 1. The first kappa shape index (κ1) is 19.0. The number of amides is 2. The largest absolute Gasteiger partial charge is 0.489 e. The molecule has 2 aromatic rings. The number of nitrogens with one attached hydrogen (secondary N) is 1. The summed E-state index contributed by atoms with van der Waals surface area (Å²) in [6.07, 6.45) is 0.830. The lowest BCUT2D eigenvalue weighted by Gasteiger charge is -2.24. The number of rotatable bonds is 5. The Labute approximate surface area is 167 Å². The molecule has 0 spiro atoms. The molecule has 1 fully saturated rings. The van der Waals surface area contributed by atoms with E-state index in [4.69, 9.17) is 14.2 Å². The van der Waals surface area contributed by atoms with Crippen LogP contribution in [0.2, 0.25) is 0 Å². The van der Waals surface area contributed by atoms with Gasteiger partial charge in [-0.15, -0.1) is 0 Å². The van der Waals surface area contributed by atoms with Crippen molar-refractivity contribution in [2.75, 3.05) is 25.6 Å². The summed E-state index contributed by atoms with van der Waals surface area (Å²) < 4.78 is 30.3. The molecule has 0 aliphatic carbocycles. The van der Waals surface area contributed by atoms with E-state index in [1.54, 1.807) is 31.3 Å². The van der Waals surface area contributed by atoms with Crippen molar-refractivity contribution in [1.29, 1.82) is 0 Å². The van der Waals surface area contributed by atoms with E-state index in [0.29, 0.717) is 49.0 Å². The average Bonchev–Trinajstić information content (AvgIpc) is 3.05.